The van der Waals surface area contributed by atoms with Crippen molar-refractivity contribution in [2.24, 2.45) is 4.99 Å². The highest BCUT2D eigenvalue weighted by molar-refractivity contribution is 5.97. The molecule has 1 rings (SSSR count). The summed E-state index contributed by atoms with van der Waals surface area (Å²) in [5.41, 5.74) is 2.53. The maximum atomic E-state index is 11.1. The van der Waals surface area contributed by atoms with Crippen LogP contribution in [-0.4, -0.2) is 12.0 Å². The zero-order chi connectivity index (χ0) is 9.84. The summed E-state index contributed by atoms with van der Waals surface area (Å²) in [4.78, 5) is 23.9. The molecule has 1 aromatic carbocycles. The Hall–Kier alpha value is -1.73. The van der Waals surface area contributed by atoms with Gasteiger partial charge >= 0.3 is 0 Å². The van der Waals surface area contributed by atoms with Gasteiger partial charge in [-0.3, -0.25) is 4.79 Å². The largest absolute Gasteiger partial charge is 0.287 e. The van der Waals surface area contributed by atoms with Gasteiger partial charge in [-0.05, 0) is 37.1 Å². The number of benzene rings is 1. The van der Waals surface area contributed by atoms with Crippen molar-refractivity contribution >= 4 is 12.0 Å². The monoisotopic (exact) mass is 175 g/mol. The molecule has 0 fully saturated rings. The average molecular weight is 175 g/mol. The van der Waals surface area contributed by atoms with Crippen LogP contribution >= 0.6 is 0 Å². The lowest BCUT2D eigenvalue weighted by Gasteiger charge is -2.00. The Balaban J connectivity index is 3.10. The van der Waals surface area contributed by atoms with Gasteiger partial charge in [-0.25, -0.2) is 4.79 Å². The Morgan fingerprint density at radius 2 is 2.00 bits per heavy atom. The summed E-state index contributed by atoms with van der Waals surface area (Å²) in [6.07, 6.45) is 1.23. The molecule has 0 radical (unpaired) electrons. The van der Waals surface area contributed by atoms with Crippen LogP contribution in [0.1, 0.15) is 21.5 Å². The molecule has 0 bridgehead atoms. The van der Waals surface area contributed by atoms with E-state index in [1.807, 2.05) is 19.9 Å². The molecule has 0 aliphatic carbocycles. The number of isocyanates is 1. The van der Waals surface area contributed by atoms with Crippen molar-refractivity contribution in [3.63, 3.8) is 0 Å². The molecule has 0 atom stereocenters. The first kappa shape index (κ1) is 9.36. The molecule has 0 spiro atoms. The molecule has 13 heavy (non-hydrogen) atoms. The van der Waals surface area contributed by atoms with Gasteiger partial charge in [0.15, 0.2) is 0 Å². The number of aliphatic imine (C=N–C) groups is 1. The van der Waals surface area contributed by atoms with E-state index in [9.17, 15) is 9.59 Å². The molecule has 0 aromatic heterocycles. The maximum absolute atomic E-state index is 11.1. The lowest BCUT2D eigenvalue weighted by Crippen LogP contribution is -1.95. The van der Waals surface area contributed by atoms with Crippen molar-refractivity contribution in [2.45, 2.75) is 13.8 Å². The van der Waals surface area contributed by atoms with E-state index < -0.39 is 5.91 Å². The van der Waals surface area contributed by atoms with Crippen LogP contribution in [0.2, 0.25) is 0 Å². The predicted octanol–water partition coefficient (Wildman–Crippen LogP) is 1.78. The number of hydrogen-bond acceptors (Lipinski definition) is 2. The van der Waals surface area contributed by atoms with Crippen LogP contribution in [0.15, 0.2) is 23.2 Å². The number of aryl methyl sites for hydroxylation is 2. The van der Waals surface area contributed by atoms with E-state index in [0.29, 0.717) is 5.56 Å². The third-order valence-corrected chi connectivity index (χ3v) is 1.90. The number of carbonyl (C=O) groups is 1. The fourth-order valence-corrected chi connectivity index (χ4v) is 0.980. The second-order valence-corrected chi connectivity index (χ2v) is 2.81. The van der Waals surface area contributed by atoms with Crippen molar-refractivity contribution in [1.29, 1.82) is 0 Å². The van der Waals surface area contributed by atoms with Crippen LogP contribution in [0.5, 0.6) is 0 Å². The molecule has 0 saturated carbocycles. The summed E-state index contributed by atoms with van der Waals surface area (Å²) in [5.74, 6) is -0.543. The summed E-state index contributed by atoms with van der Waals surface area (Å²) < 4.78 is 0. The minimum atomic E-state index is -0.543. The third-order valence-electron chi connectivity index (χ3n) is 1.90. The van der Waals surface area contributed by atoms with E-state index in [4.69, 9.17) is 0 Å². The van der Waals surface area contributed by atoms with Gasteiger partial charge in [0, 0.05) is 5.56 Å². The van der Waals surface area contributed by atoms with Gasteiger partial charge < -0.3 is 0 Å². The standard InChI is InChI=1S/C10H9NO2/c1-7-3-4-9(5-8(7)2)10(13)11-6-12/h3-5H,1-2H3. The number of hydrogen-bond donors (Lipinski definition) is 0. The molecular weight excluding hydrogens is 166 g/mol. The smallest absolute Gasteiger partial charge is 0.266 e. The second-order valence-electron chi connectivity index (χ2n) is 2.81. The average Bonchev–Trinajstić information content (AvgIpc) is 2.10. The second kappa shape index (κ2) is 3.78. The first-order chi connectivity index (χ1) is 6.15. The summed E-state index contributed by atoms with van der Waals surface area (Å²) >= 11 is 0. The summed E-state index contributed by atoms with van der Waals surface area (Å²) in [5, 5.41) is 0. The van der Waals surface area contributed by atoms with Crippen molar-refractivity contribution in [2.75, 3.05) is 0 Å². The van der Waals surface area contributed by atoms with Gasteiger partial charge in [0.25, 0.3) is 5.91 Å². The van der Waals surface area contributed by atoms with Gasteiger partial charge in [0.1, 0.15) is 0 Å². The summed E-state index contributed by atoms with van der Waals surface area (Å²) in [6.45, 7) is 3.85. The van der Waals surface area contributed by atoms with Crippen molar-refractivity contribution < 1.29 is 9.59 Å². The molecule has 0 heterocycles. The highest BCUT2D eigenvalue weighted by Crippen LogP contribution is 2.10. The van der Waals surface area contributed by atoms with Crippen LogP contribution in [0.25, 0.3) is 0 Å². The maximum Gasteiger partial charge on any atom is 0.287 e. The highest BCUT2D eigenvalue weighted by Gasteiger charge is 2.04. The quantitative estimate of drug-likeness (QED) is 0.482. The summed E-state index contributed by atoms with van der Waals surface area (Å²) in [7, 11) is 0. The Kier molecular flexibility index (Phi) is 2.72. The third kappa shape index (κ3) is 2.10. The molecule has 66 valence electrons. The molecule has 0 saturated heterocycles. The Morgan fingerprint density at radius 1 is 1.31 bits per heavy atom. The number of rotatable bonds is 1. The number of nitrogens with zero attached hydrogens (tertiary/aromatic N) is 1. The van der Waals surface area contributed by atoms with Crippen LogP contribution < -0.4 is 0 Å². The van der Waals surface area contributed by atoms with E-state index in [0.717, 1.165) is 11.1 Å². The fourth-order valence-electron chi connectivity index (χ4n) is 0.980. The van der Waals surface area contributed by atoms with E-state index in [2.05, 4.69) is 4.99 Å². The van der Waals surface area contributed by atoms with Crippen molar-refractivity contribution in [3.8, 4) is 0 Å². The first-order valence-corrected chi connectivity index (χ1v) is 3.84. The zero-order valence-corrected chi connectivity index (χ0v) is 7.50. The van der Waals surface area contributed by atoms with Crippen molar-refractivity contribution in [1.82, 2.24) is 0 Å². The van der Waals surface area contributed by atoms with Gasteiger partial charge in [0.2, 0.25) is 6.08 Å². The predicted molar refractivity (Wildman–Crippen MR) is 48.4 cm³/mol. The van der Waals surface area contributed by atoms with E-state index in [1.54, 1.807) is 12.1 Å². The topological polar surface area (TPSA) is 46.5 Å². The van der Waals surface area contributed by atoms with Crippen LogP contribution in [0.3, 0.4) is 0 Å². The normalized spacial score (nSPS) is 9.08. The fraction of sp³-hybridized carbons (Fsp3) is 0.200. The Bertz CT molecular complexity index is 390. The summed E-state index contributed by atoms with van der Waals surface area (Å²) in [6, 6.07) is 5.17. The molecule has 3 heteroatoms. The molecule has 1 amide bonds. The lowest BCUT2D eigenvalue weighted by molar-refractivity contribution is 0.100. The van der Waals surface area contributed by atoms with E-state index in [-0.39, 0.29) is 0 Å². The molecule has 1 aromatic rings. The molecule has 3 nitrogen and oxygen atoms in total. The number of amides is 1. The van der Waals surface area contributed by atoms with Crippen LogP contribution in [0, 0.1) is 13.8 Å². The van der Waals surface area contributed by atoms with Gasteiger partial charge in [0.05, 0.1) is 0 Å². The van der Waals surface area contributed by atoms with E-state index in [1.165, 1.54) is 6.08 Å². The first-order valence-electron chi connectivity index (χ1n) is 3.84. The Labute approximate surface area is 76.1 Å². The van der Waals surface area contributed by atoms with Crippen LogP contribution in [0.4, 0.5) is 0 Å². The molecule has 0 unspecified atom stereocenters. The molecule has 0 aliphatic rings. The minimum Gasteiger partial charge on any atom is -0.266 e. The van der Waals surface area contributed by atoms with Gasteiger partial charge in [-0.2, -0.15) is 0 Å². The van der Waals surface area contributed by atoms with Crippen molar-refractivity contribution in [3.05, 3.63) is 34.9 Å². The number of carbonyl (C=O) groups excluding carboxylic acids is 2. The SMILES string of the molecule is Cc1ccc(C(=O)N=C=O)cc1C. The highest BCUT2D eigenvalue weighted by atomic mass is 16.2. The molecule has 0 N–H and O–H groups in total. The molecule has 0 aliphatic heterocycles. The molecular formula is C10H9NO2. The van der Waals surface area contributed by atoms with E-state index >= 15 is 0 Å². The van der Waals surface area contributed by atoms with Gasteiger partial charge in [-0.1, -0.05) is 6.07 Å². The minimum absolute atomic E-state index is 0.423. The van der Waals surface area contributed by atoms with Crippen LogP contribution in [-0.2, 0) is 4.79 Å². The Morgan fingerprint density at radius 3 is 2.54 bits per heavy atom. The lowest BCUT2D eigenvalue weighted by atomic mass is 10.1. The zero-order valence-electron chi connectivity index (χ0n) is 7.50. The van der Waals surface area contributed by atoms with Gasteiger partial charge in [-0.15, -0.1) is 4.99 Å².